The van der Waals surface area contributed by atoms with Crippen molar-refractivity contribution in [1.82, 2.24) is 5.32 Å². The highest BCUT2D eigenvalue weighted by Gasteiger charge is 2.28. The van der Waals surface area contributed by atoms with Crippen LogP contribution in [0.25, 0.3) is 0 Å². The van der Waals surface area contributed by atoms with Crippen LogP contribution in [-0.4, -0.2) is 28.0 Å². The lowest BCUT2D eigenvalue weighted by Crippen LogP contribution is -2.22. The van der Waals surface area contributed by atoms with Gasteiger partial charge in [0.05, 0.1) is 45.6 Å². The quantitative estimate of drug-likeness (QED) is 0.273. The minimum atomic E-state index is -0.0443. The van der Waals surface area contributed by atoms with Crippen LogP contribution in [0, 0.1) is 0 Å². The molecule has 4 aliphatic heterocycles. The fourth-order valence-corrected chi connectivity index (χ4v) is 6.24. The molecule has 0 aromatic carbocycles. The van der Waals surface area contributed by atoms with Crippen molar-refractivity contribution in [3.05, 3.63) is 92.0 Å². The summed E-state index contributed by atoms with van der Waals surface area (Å²) in [4.78, 5) is 28.7. The van der Waals surface area contributed by atoms with Crippen molar-refractivity contribution in [3.63, 3.8) is 0 Å². The highest BCUT2D eigenvalue weighted by atomic mass is 16.3. The molecule has 0 aromatic heterocycles. The third-order valence-corrected chi connectivity index (χ3v) is 8.44. The molecule has 0 atom stereocenters. The summed E-state index contributed by atoms with van der Waals surface area (Å²) in [7, 11) is 0. The van der Waals surface area contributed by atoms with Gasteiger partial charge in [-0.25, -0.2) is 15.0 Å². The maximum absolute atomic E-state index is 13.3. The number of hydrogen-bond acceptors (Lipinski definition) is 6. The smallest absolute Gasteiger partial charge is 0.178 e. The Morgan fingerprint density at radius 1 is 0.571 bits per heavy atom. The summed E-state index contributed by atoms with van der Waals surface area (Å²) < 4.78 is 0. The van der Waals surface area contributed by atoms with E-state index in [0.717, 1.165) is 83.9 Å². The van der Waals surface area contributed by atoms with Gasteiger partial charge in [0, 0.05) is 12.8 Å². The fourth-order valence-electron chi connectivity index (χ4n) is 6.24. The highest BCUT2D eigenvalue weighted by Crippen LogP contribution is 2.38. The minimum absolute atomic E-state index is 0.0443. The van der Waals surface area contributed by atoms with Gasteiger partial charge in [-0.05, 0) is 96.3 Å². The Hall–Kier alpha value is -3.80. The zero-order chi connectivity index (χ0) is 30.6. The Bertz CT molecular complexity index is 1530. The van der Waals surface area contributed by atoms with Crippen LogP contribution in [-0.2, 0) is 4.79 Å². The molecule has 0 saturated carbocycles. The van der Waals surface area contributed by atoms with Gasteiger partial charge in [0.15, 0.2) is 5.78 Å². The van der Waals surface area contributed by atoms with E-state index in [1.54, 1.807) is 0 Å². The second-order valence-corrected chi connectivity index (χ2v) is 10.7. The van der Waals surface area contributed by atoms with E-state index in [-0.39, 0.29) is 11.5 Å². The summed E-state index contributed by atoms with van der Waals surface area (Å²) in [6.45, 7) is 16.7. The second-order valence-electron chi connectivity index (χ2n) is 10.7. The molecule has 4 rings (SSSR count). The zero-order valence-electron chi connectivity index (χ0n) is 26.7. The monoisotopic (exact) mass is 566 g/mol. The molecule has 0 spiro atoms. The number of carbonyl (C=O) groups excluding carboxylic acids is 1. The van der Waals surface area contributed by atoms with Crippen LogP contribution in [0.3, 0.4) is 0 Å². The van der Waals surface area contributed by atoms with Gasteiger partial charge < -0.3 is 10.4 Å². The predicted octanol–water partition coefficient (Wildman–Crippen LogP) is 9.00. The summed E-state index contributed by atoms with van der Waals surface area (Å²) in [6.07, 6.45) is 13.8. The first-order chi connectivity index (χ1) is 20.3. The Morgan fingerprint density at radius 2 is 0.952 bits per heavy atom. The van der Waals surface area contributed by atoms with Gasteiger partial charge in [-0.3, -0.25) is 4.79 Å². The van der Waals surface area contributed by atoms with E-state index in [2.05, 4.69) is 59.0 Å². The first-order valence-corrected chi connectivity index (χ1v) is 15.8. The molecule has 2 N–H and O–H groups in total. The molecule has 0 aliphatic carbocycles. The van der Waals surface area contributed by atoms with E-state index in [0.29, 0.717) is 24.2 Å². The van der Waals surface area contributed by atoms with Crippen LogP contribution in [0.4, 0.5) is 0 Å². The van der Waals surface area contributed by atoms with Crippen molar-refractivity contribution in [2.24, 2.45) is 15.0 Å². The molecule has 6 bridgehead atoms. The molecule has 0 unspecified atom stereocenters. The van der Waals surface area contributed by atoms with Gasteiger partial charge in [-0.15, -0.1) is 0 Å². The van der Waals surface area contributed by atoms with E-state index in [1.807, 2.05) is 26.0 Å². The maximum atomic E-state index is 13.3. The van der Waals surface area contributed by atoms with Gasteiger partial charge >= 0.3 is 0 Å². The molecule has 0 saturated heterocycles. The molecule has 0 fully saturated rings. The molecule has 4 heterocycles. The number of Topliss-reactive ketones (excluding diaryl/α,β-unsaturated/α-hetero) is 1. The minimum Gasteiger partial charge on any atom is -0.510 e. The molecule has 0 aromatic rings. The van der Waals surface area contributed by atoms with Crippen LogP contribution in [0.2, 0.25) is 0 Å². The number of aliphatic hydroxyl groups is 1. The number of aliphatic imine (C=N–C) groups is 3. The summed E-state index contributed by atoms with van der Waals surface area (Å²) in [5, 5.41) is 14.4. The number of allylic oxidation sites excluding steroid dienone is 12. The van der Waals surface area contributed by atoms with Gasteiger partial charge in [0.25, 0.3) is 0 Å². The number of nitrogens with zero attached hydrogens (tertiary/aromatic N) is 3. The zero-order valence-corrected chi connectivity index (χ0v) is 26.7. The largest absolute Gasteiger partial charge is 0.510 e. The summed E-state index contributed by atoms with van der Waals surface area (Å²) >= 11 is 0. The van der Waals surface area contributed by atoms with Crippen LogP contribution in [0.1, 0.15) is 107 Å². The number of rotatable bonds is 9. The Morgan fingerprint density at radius 3 is 1.31 bits per heavy atom. The lowest BCUT2D eigenvalue weighted by Gasteiger charge is -2.14. The number of fused-ring (bicyclic) bond motifs is 3. The van der Waals surface area contributed by atoms with Crippen molar-refractivity contribution >= 4 is 22.9 Å². The predicted molar refractivity (Wildman–Crippen MR) is 176 cm³/mol. The van der Waals surface area contributed by atoms with E-state index in [4.69, 9.17) is 15.0 Å². The Kier molecular flexibility index (Phi) is 9.97. The van der Waals surface area contributed by atoms with Crippen molar-refractivity contribution < 1.29 is 9.90 Å². The lowest BCUT2D eigenvalue weighted by molar-refractivity contribution is -0.115. The number of nitrogens with one attached hydrogen (secondary N) is 1. The van der Waals surface area contributed by atoms with Gasteiger partial charge in [0.1, 0.15) is 5.76 Å². The average Bonchev–Trinajstić information content (AvgIpc) is 3.63. The first kappa shape index (κ1) is 31.1. The van der Waals surface area contributed by atoms with Crippen molar-refractivity contribution in [1.29, 1.82) is 0 Å². The van der Waals surface area contributed by atoms with Crippen molar-refractivity contribution in [2.45, 2.75) is 107 Å². The first-order valence-electron chi connectivity index (χ1n) is 15.8. The molecule has 6 heteroatoms. The van der Waals surface area contributed by atoms with Crippen LogP contribution in [0.5, 0.6) is 0 Å². The van der Waals surface area contributed by atoms with Crippen LogP contribution < -0.4 is 5.32 Å². The van der Waals surface area contributed by atoms with Gasteiger partial charge in [-0.1, -0.05) is 55.4 Å². The molecule has 42 heavy (non-hydrogen) atoms. The fraction of sp³-hybridized carbons (Fsp3) is 0.444. The van der Waals surface area contributed by atoms with Crippen LogP contribution in [0.15, 0.2) is 107 Å². The van der Waals surface area contributed by atoms with E-state index < -0.39 is 0 Å². The van der Waals surface area contributed by atoms with Crippen LogP contribution >= 0.6 is 0 Å². The second kappa shape index (κ2) is 13.5. The SMILES string of the molecule is CCC(=O)C1=CC2=NC(=CC3=NC(=CC4=NC(=C/C(=C(/O)CC)N1)C(CC)=C4CC)C(CC)=C3CC)C(CC)=C2CC. The Labute approximate surface area is 251 Å². The maximum Gasteiger partial charge on any atom is 0.178 e. The number of ketones is 1. The van der Waals surface area contributed by atoms with E-state index >= 15 is 0 Å². The van der Waals surface area contributed by atoms with Gasteiger partial charge in [0.2, 0.25) is 0 Å². The third kappa shape index (κ3) is 5.77. The molecule has 4 aliphatic rings. The third-order valence-electron chi connectivity index (χ3n) is 8.44. The van der Waals surface area contributed by atoms with E-state index in [1.165, 1.54) is 22.3 Å². The molecule has 0 radical (unpaired) electrons. The number of hydrogen-bond donors (Lipinski definition) is 2. The number of carbonyl (C=O) groups is 1. The lowest BCUT2D eigenvalue weighted by atomic mass is 9.95. The molecule has 222 valence electrons. The average molecular weight is 567 g/mol. The molecule has 0 amide bonds. The van der Waals surface area contributed by atoms with E-state index in [9.17, 15) is 9.90 Å². The topological polar surface area (TPSA) is 86.4 Å². The standard InChI is InChI=1S/C36H46N4O2/c1-9-21-22(10-2)28-18-30-24(12-4)26(14-6)32(39-30)20-34(36(42)16-8)40-33(35(41)15-7)19-31-25(13-5)23(11-3)29(38-31)17-27(21)37-28/h17-20,40-41H,9-16H2,1-8H3/b27-17?,30-18?,31-19?,34-20?,35-33-. The summed E-state index contributed by atoms with van der Waals surface area (Å²) in [6, 6.07) is 0. The van der Waals surface area contributed by atoms with Crippen molar-refractivity contribution in [3.8, 4) is 0 Å². The summed E-state index contributed by atoms with van der Waals surface area (Å²) in [5.41, 5.74) is 13.4. The molecular weight excluding hydrogens is 520 g/mol. The Balaban J connectivity index is 2.11. The highest BCUT2D eigenvalue weighted by molar-refractivity contribution is 6.19. The normalized spacial score (nSPS) is 20.1. The number of aliphatic hydroxyl groups excluding tert-OH is 1. The summed E-state index contributed by atoms with van der Waals surface area (Å²) in [5.74, 6) is 0.134. The molecular formula is C36H46N4O2. The molecule has 6 nitrogen and oxygen atoms in total. The van der Waals surface area contributed by atoms with Gasteiger partial charge in [-0.2, -0.15) is 0 Å². The van der Waals surface area contributed by atoms with Crippen molar-refractivity contribution in [2.75, 3.05) is 0 Å².